The zero-order valence-electron chi connectivity index (χ0n) is 10.5. The molecule has 0 radical (unpaired) electrons. The van der Waals surface area contributed by atoms with Gasteiger partial charge >= 0.3 is 0 Å². The van der Waals surface area contributed by atoms with E-state index in [1.54, 1.807) is 4.68 Å². The fourth-order valence-corrected chi connectivity index (χ4v) is 1.91. The lowest BCUT2D eigenvalue weighted by atomic mass is 10.2. The van der Waals surface area contributed by atoms with Crippen LogP contribution in [0, 0.1) is 5.82 Å². The Labute approximate surface area is 115 Å². The van der Waals surface area contributed by atoms with Crippen molar-refractivity contribution in [3.63, 3.8) is 0 Å². The molecule has 0 atom stereocenters. The third-order valence-corrected chi connectivity index (χ3v) is 3.10. The van der Waals surface area contributed by atoms with Crippen molar-refractivity contribution in [3.05, 3.63) is 34.9 Å². The lowest BCUT2D eigenvalue weighted by Crippen LogP contribution is -2.10. The van der Waals surface area contributed by atoms with Crippen molar-refractivity contribution >= 4 is 28.7 Å². The maximum Gasteiger partial charge on any atom is 0.169 e. The van der Waals surface area contributed by atoms with Gasteiger partial charge < -0.3 is 16.8 Å². The van der Waals surface area contributed by atoms with Gasteiger partial charge in [-0.3, -0.25) is 4.68 Å². The number of nitrogens with two attached hydrogens (primary N) is 2. The molecule has 0 saturated carbocycles. The van der Waals surface area contributed by atoms with Crippen LogP contribution in [0.2, 0.25) is 5.02 Å². The molecule has 0 spiro atoms. The fraction of sp³-hybridized carbons (Fsp3) is 0.250. The normalized spacial score (nSPS) is 10.7. The number of halogens is 2. The smallest absolute Gasteiger partial charge is 0.169 e. The Kier molecular flexibility index (Phi) is 3.80. The second-order valence-electron chi connectivity index (χ2n) is 4.22. The Morgan fingerprint density at radius 2 is 2.16 bits per heavy atom. The fourth-order valence-electron chi connectivity index (χ4n) is 1.76. The zero-order chi connectivity index (χ0) is 14.0. The molecule has 19 heavy (non-hydrogen) atoms. The van der Waals surface area contributed by atoms with Crippen LogP contribution in [0.4, 0.5) is 21.5 Å². The minimum Gasteiger partial charge on any atom is -0.397 e. The molecule has 1 aromatic carbocycles. The summed E-state index contributed by atoms with van der Waals surface area (Å²) in [4.78, 5) is 0. The van der Waals surface area contributed by atoms with E-state index in [2.05, 4.69) is 10.4 Å². The van der Waals surface area contributed by atoms with Gasteiger partial charge in [-0.2, -0.15) is 5.10 Å². The highest BCUT2D eigenvalue weighted by Crippen LogP contribution is 2.33. The predicted molar refractivity (Wildman–Crippen MR) is 75.6 cm³/mol. The molecule has 0 aliphatic rings. The molecule has 5 N–H and O–H groups in total. The summed E-state index contributed by atoms with van der Waals surface area (Å²) in [5.74, 6) is -0.625. The molecule has 2 rings (SSSR count). The monoisotopic (exact) mass is 283 g/mol. The van der Waals surface area contributed by atoms with Crippen LogP contribution >= 0.6 is 11.6 Å². The lowest BCUT2D eigenvalue weighted by molar-refractivity contribution is 0.631. The SMILES string of the molecule is Cn1ccc(CCNc2c(N)cc(N)c(Cl)c2F)n1. The van der Waals surface area contributed by atoms with Crippen LogP contribution in [-0.2, 0) is 13.5 Å². The van der Waals surface area contributed by atoms with Gasteiger partial charge in [0.15, 0.2) is 5.82 Å². The number of rotatable bonds is 4. The van der Waals surface area contributed by atoms with Gasteiger partial charge in [-0.15, -0.1) is 0 Å². The summed E-state index contributed by atoms with van der Waals surface area (Å²) in [6.07, 6.45) is 2.51. The average molecular weight is 284 g/mol. The first kappa shape index (κ1) is 13.5. The van der Waals surface area contributed by atoms with Crippen LogP contribution < -0.4 is 16.8 Å². The summed E-state index contributed by atoms with van der Waals surface area (Å²) in [5.41, 5.74) is 12.7. The molecule has 0 aliphatic carbocycles. The number of aryl methyl sites for hydroxylation is 1. The van der Waals surface area contributed by atoms with Gasteiger partial charge in [0.1, 0.15) is 5.02 Å². The second-order valence-corrected chi connectivity index (χ2v) is 4.59. The van der Waals surface area contributed by atoms with Gasteiger partial charge in [0.05, 0.1) is 22.8 Å². The van der Waals surface area contributed by atoms with Crippen molar-refractivity contribution in [2.75, 3.05) is 23.3 Å². The number of anilines is 3. The number of nitrogens with one attached hydrogen (secondary N) is 1. The van der Waals surface area contributed by atoms with Crippen molar-refractivity contribution in [2.45, 2.75) is 6.42 Å². The molecule has 0 saturated heterocycles. The maximum absolute atomic E-state index is 13.9. The number of benzene rings is 1. The Morgan fingerprint density at radius 1 is 1.42 bits per heavy atom. The van der Waals surface area contributed by atoms with E-state index in [1.165, 1.54) is 6.07 Å². The van der Waals surface area contributed by atoms with Gasteiger partial charge in [0, 0.05) is 26.2 Å². The molecule has 0 fully saturated rings. The van der Waals surface area contributed by atoms with Crippen LogP contribution in [0.5, 0.6) is 0 Å². The van der Waals surface area contributed by atoms with Crippen LogP contribution in [0.1, 0.15) is 5.69 Å². The van der Waals surface area contributed by atoms with Crippen LogP contribution in [-0.4, -0.2) is 16.3 Å². The molecule has 7 heteroatoms. The number of aromatic nitrogens is 2. The Morgan fingerprint density at radius 3 is 2.79 bits per heavy atom. The van der Waals surface area contributed by atoms with Crippen molar-refractivity contribution in [2.24, 2.45) is 7.05 Å². The van der Waals surface area contributed by atoms with E-state index in [-0.39, 0.29) is 22.1 Å². The third kappa shape index (κ3) is 2.90. The summed E-state index contributed by atoms with van der Waals surface area (Å²) in [6.45, 7) is 0.498. The molecule has 0 unspecified atom stereocenters. The number of nitrogen functional groups attached to an aromatic ring is 2. The van der Waals surface area contributed by atoms with E-state index < -0.39 is 5.82 Å². The summed E-state index contributed by atoms with van der Waals surface area (Å²) in [6, 6.07) is 3.34. The number of nitrogens with zero attached hydrogens (tertiary/aromatic N) is 2. The van der Waals surface area contributed by atoms with E-state index >= 15 is 0 Å². The van der Waals surface area contributed by atoms with Crippen molar-refractivity contribution < 1.29 is 4.39 Å². The largest absolute Gasteiger partial charge is 0.397 e. The van der Waals surface area contributed by atoms with Crippen LogP contribution in [0.25, 0.3) is 0 Å². The van der Waals surface area contributed by atoms with Gasteiger partial charge in [-0.05, 0) is 12.1 Å². The highest BCUT2D eigenvalue weighted by molar-refractivity contribution is 6.33. The van der Waals surface area contributed by atoms with Crippen molar-refractivity contribution in [3.8, 4) is 0 Å². The number of hydrogen-bond donors (Lipinski definition) is 3. The van der Waals surface area contributed by atoms with E-state index in [9.17, 15) is 4.39 Å². The summed E-state index contributed by atoms with van der Waals surface area (Å²) in [7, 11) is 1.84. The van der Waals surface area contributed by atoms with E-state index in [0.717, 1.165) is 5.69 Å². The van der Waals surface area contributed by atoms with E-state index in [0.29, 0.717) is 13.0 Å². The van der Waals surface area contributed by atoms with Crippen molar-refractivity contribution in [1.82, 2.24) is 9.78 Å². The van der Waals surface area contributed by atoms with Crippen molar-refractivity contribution in [1.29, 1.82) is 0 Å². The highest BCUT2D eigenvalue weighted by Gasteiger charge is 2.13. The molecule has 102 valence electrons. The summed E-state index contributed by atoms with van der Waals surface area (Å²) >= 11 is 5.74. The first-order valence-electron chi connectivity index (χ1n) is 5.74. The maximum atomic E-state index is 13.9. The van der Waals surface area contributed by atoms with E-state index in [4.69, 9.17) is 23.1 Å². The Hall–Kier alpha value is -1.95. The molecule has 5 nitrogen and oxygen atoms in total. The van der Waals surface area contributed by atoms with Crippen LogP contribution in [0.3, 0.4) is 0 Å². The van der Waals surface area contributed by atoms with Gasteiger partial charge in [-0.25, -0.2) is 4.39 Å². The Balaban J connectivity index is 2.05. The lowest BCUT2D eigenvalue weighted by Gasteiger charge is -2.12. The number of hydrogen-bond acceptors (Lipinski definition) is 4. The molecular formula is C12H15ClFN5. The molecule has 1 heterocycles. The highest BCUT2D eigenvalue weighted by atomic mass is 35.5. The molecule has 0 amide bonds. The molecule has 0 bridgehead atoms. The molecule has 1 aromatic heterocycles. The minimum absolute atomic E-state index is 0.116. The van der Waals surface area contributed by atoms with Gasteiger partial charge in [-0.1, -0.05) is 11.6 Å². The third-order valence-electron chi connectivity index (χ3n) is 2.72. The molecular weight excluding hydrogens is 269 g/mol. The van der Waals surface area contributed by atoms with Gasteiger partial charge in [0.2, 0.25) is 0 Å². The summed E-state index contributed by atoms with van der Waals surface area (Å²) < 4.78 is 15.6. The standard InChI is InChI=1S/C12H15ClFN5/c1-19-5-3-7(18-19)2-4-17-12-9(16)6-8(15)10(13)11(12)14/h3,5-6,17H,2,4,15-16H2,1H3. The molecule has 2 aromatic rings. The average Bonchev–Trinajstić information content (AvgIpc) is 2.77. The topological polar surface area (TPSA) is 81.9 Å². The first-order valence-corrected chi connectivity index (χ1v) is 6.12. The predicted octanol–water partition coefficient (Wildman–Crippen LogP) is 2.03. The quantitative estimate of drug-likeness (QED) is 0.750. The van der Waals surface area contributed by atoms with Crippen LogP contribution in [0.15, 0.2) is 18.3 Å². The second kappa shape index (κ2) is 5.36. The van der Waals surface area contributed by atoms with E-state index in [1.807, 2.05) is 19.3 Å². The minimum atomic E-state index is -0.625. The first-order chi connectivity index (χ1) is 8.99. The van der Waals surface area contributed by atoms with Gasteiger partial charge in [0.25, 0.3) is 0 Å². The zero-order valence-corrected chi connectivity index (χ0v) is 11.2. The Bertz CT molecular complexity index is 596. The molecule has 0 aliphatic heterocycles. The summed E-state index contributed by atoms with van der Waals surface area (Å²) in [5, 5.41) is 7.03.